The number of ether oxygens (including phenoxy) is 2. The summed E-state index contributed by atoms with van der Waals surface area (Å²) in [7, 11) is 0. The lowest BCUT2D eigenvalue weighted by atomic mass is 10.2. The number of carbonyl (C=O) groups is 3. The van der Waals surface area contributed by atoms with Crippen LogP contribution in [0.15, 0.2) is 48.5 Å². The summed E-state index contributed by atoms with van der Waals surface area (Å²) in [5, 5.41) is 5.25. The summed E-state index contributed by atoms with van der Waals surface area (Å²) in [5.41, 5.74) is 1.46. The Morgan fingerprint density at radius 3 is 2.21 bits per heavy atom. The van der Waals surface area contributed by atoms with Gasteiger partial charge in [-0.2, -0.15) is 0 Å². The summed E-state index contributed by atoms with van der Waals surface area (Å²) in [6.45, 7) is 5.61. The van der Waals surface area contributed by atoms with Crippen molar-refractivity contribution in [2.24, 2.45) is 5.92 Å². The predicted octanol–water partition coefficient (Wildman–Crippen LogP) is 3.48. The number of esters is 1. The number of anilines is 2. The molecule has 0 aliphatic rings. The molecule has 0 fully saturated rings. The highest BCUT2D eigenvalue weighted by atomic mass is 16.5. The Labute approximate surface area is 164 Å². The predicted molar refractivity (Wildman–Crippen MR) is 106 cm³/mol. The topological polar surface area (TPSA) is 93.7 Å². The third-order valence-corrected chi connectivity index (χ3v) is 3.48. The molecule has 0 heterocycles. The van der Waals surface area contributed by atoms with E-state index in [0.29, 0.717) is 35.2 Å². The second-order valence-electron chi connectivity index (χ2n) is 6.62. The summed E-state index contributed by atoms with van der Waals surface area (Å²) in [4.78, 5) is 35.1. The van der Waals surface area contributed by atoms with Gasteiger partial charge in [0.1, 0.15) is 5.75 Å². The summed E-state index contributed by atoms with van der Waals surface area (Å²) < 4.78 is 10.6. The number of hydrogen-bond acceptors (Lipinski definition) is 5. The Morgan fingerprint density at radius 2 is 1.61 bits per heavy atom. The molecule has 0 aliphatic carbocycles. The fourth-order valence-electron chi connectivity index (χ4n) is 2.23. The second kappa shape index (κ2) is 10.1. The first-order valence-corrected chi connectivity index (χ1v) is 8.91. The zero-order chi connectivity index (χ0) is 20.5. The lowest BCUT2D eigenvalue weighted by molar-refractivity contribution is -0.119. The lowest BCUT2D eigenvalue weighted by Gasteiger charge is -2.10. The van der Waals surface area contributed by atoms with Gasteiger partial charge in [0, 0.05) is 18.3 Å². The van der Waals surface area contributed by atoms with Crippen LogP contribution in [0.4, 0.5) is 11.4 Å². The van der Waals surface area contributed by atoms with Crippen molar-refractivity contribution >= 4 is 29.2 Å². The molecule has 28 heavy (non-hydrogen) atoms. The van der Waals surface area contributed by atoms with Crippen LogP contribution < -0.4 is 15.4 Å². The highest BCUT2D eigenvalue weighted by molar-refractivity contribution is 5.96. The molecule has 2 N–H and O–H groups in total. The van der Waals surface area contributed by atoms with Gasteiger partial charge < -0.3 is 20.1 Å². The van der Waals surface area contributed by atoms with Crippen LogP contribution in [0.25, 0.3) is 0 Å². The fraction of sp³-hybridized carbons (Fsp3) is 0.286. The number of rotatable bonds is 8. The molecule has 0 radical (unpaired) electrons. The van der Waals surface area contributed by atoms with E-state index in [9.17, 15) is 14.4 Å². The fourth-order valence-corrected chi connectivity index (χ4v) is 2.23. The van der Waals surface area contributed by atoms with E-state index in [4.69, 9.17) is 9.47 Å². The van der Waals surface area contributed by atoms with Crippen LogP contribution in [0.2, 0.25) is 0 Å². The third kappa shape index (κ3) is 7.11. The molecule has 0 bridgehead atoms. The standard InChI is InChI=1S/C21H24N2O5/c1-14(2)12-27-19-6-4-5-16(11-19)21(26)28-13-20(25)23-18-9-7-17(8-10-18)22-15(3)24/h4-11,14H,12-13H2,1-3H3,(H,22,24)(H,23,25). The highest BCUT2D eigenvalue weighted by Gasteiger charge is 2.12. The molecule has 2 aromatic carbocycles. The zero-order valence-electron chi connectivity index (χ0n) is 16.2. The smallest absolute Gasteiger partial charge is 0.338 e. The molecule has 2 aromatic rings. The second-order valence-corrected chi connectivity index (χ2v) is 6.62. The molecule has 0 aliphatic heterocycles. The SMILES string of the molecule is CC(=O)Nc1ccc(NC(=O)COC(=O)c2cccc(OCC(C)C)c2)cc1. The summed E-state index contributed by atoms with van der Waals surface area (Å²) in [6, 6.07) is 13.2. The Kier molecular flexibility index (Phi) is 7.56. The first-order valence-electron chi connectivity index (χ1n) is 8.91. The van der Waals surface area contributed by atoms with Gasteiger partial charge in [-0.3, -0.25) is 9.59 Å². The van der Waals surface area contributed by atoms with Crippen molar-refractivity contribution in [2.75, 3.05) is 23.8 Å². The minimum Gasteiger partial charge on any atom is -0.493 e. The Balaban J connectivity index is 1.84. The molecule has 2 amide bonds. The molecule has 0 atom stereocenters. The van der Waals surface area contributed by atoms with Crippen molar-refractivity contribution < 1.29 is 23.9 Å². The number of nitrogens with one attached hydrogen (secondary N) is 2. The van der Waals surface area contributed by atoms with E-state index in [2.05, 4.69) is 10.6 Å². The van der Waals surface area contributed by atoms with Crippen molar-refractivity contribution in [1.82, 2.24) is 0 Å². The molecule has 0 spiro atoms. The normalized spacial score (nSPS) is 10.3. The van der Waals surface area contributed by atoms with E-state index >= 15 is 0 Å². The van der Waals surface area contributed by atoms with E-state index in [-0.39, 0.29) is 5.91 Å². The van der Waals surface area contributed by atoms with Crippen LogP contribution in [0.1, 0.15) is 31.1 Å². The van der Waals surface area contributed by atoms with Crippen LogP contribution in [-0.2, 0) is 14.3 Å². The van der Waals surface area contributed by atoms with Gasteiger partial charge in [-0.05, 0) is 48.4 Å². The Hall–Kier alpha value is -3.35. The molecule has 7 nitrogen and oxygen atoms in total. The average molecular weight is 384 g/mol. The Bertz CT molecular complexity index is 831. The third-order valence-electron chi connectivity index (χ3n) is 3.48. The maximum atomic E-state index is 12.1. The molecule has 0 saturated carbocycles. The Morgan fingerprint density at radius 1 is 0.964 bits per heavy atom. The van der Waals surface area contributed by atoms with Crippen LogP contribution in [0.3, 0.4) is 0 Å². The van der Waals surface area contributed by atoms with Gasteiger partial charge in [0.15, 0.2) is 6.61 Å². The molecule has 0 saturated heterocycles. The van der Waals surface area contributed by atoms with Crippen molar-refractivity contribution in [2.45, 2.75) is 20.8 Å². The van der Waals surface area contributed by atoms with E-state index in [0.717, 1.165) is 0 Å². The van der Waals surface area contributed by atoms with Crippen LogP contribution >= 0.6 is 0 Å². The van der Waals surface area contributed by atoms with E-state index in [1.54, 1.807) is 48.5 Å². The largest absolute Gasteiger partial charge is 0.493 e. The van der Waals surface area contributed by atoms with Crippen molar-refractivity contribution in [3.63, 3.8) is 0 Å². The van der Waals surface area contributed by atoms with Crippen LogP contribution in [-0.4, -0.2) is 31.0 Å². The molecule has 148 valence electrons. The maximum absolute atomic E-state index is 12.1. The van der Waals surface area contributed by atoms with Gasteiger partial charge >= 0.3 is 5.97 Å². The van der Waals surface area contributed by atoms with Gasteiger partial charge in [0.05, 0.1) is 12.2 Å². The molecule has 7 heteroatoms. The number of benzene rings is 2. The highest BCUT2D eigenvalue weighted by Crippen LogP contribution is 2.16. The van der Waals surface area contributed by atoms with Gasteiger partial charge in [-0.25, -0.2) is 4.79 Å². The van der Waals surface area contributed by atoms with Gasteiger partial charge in [-0.15, -0.1) is 0 Å². The average Bonchev–Trinajstić information content (AvgIpc) is 2.66. The van der Waals surface area contributed by atoms with Crippen LogP contribution in [0, 0.1) is 5.92 Å². The minimum atomic E-state index is -0.605. The molecule has 0 unspecified atom stereocenters. The molecular formula is C21H24N2O5. The zero-order valence-corrected chi connectivity index (χ0v) is 16.2. The van der Waals surface area contributed by atoms with E-state index in [1.165, 1.54) is 6.92 Å². The first kappa shape index (κ1) is 21.0. The summed E-state index contributed by atoms with van der Waals surface area (Å²) in [6.07, 6.45) is 0. The van der Waals surface area contributed by atoms with Gasteiger partial charge in [0.2, 0.25) is 5.91 Å². The summed E-state index contributed by atoms with van der Waals surface area (Å²) >= 11 is 0. The lowest BCUT2D eigenvalue weighted by Crippen LogP contribution is -2.21. The maximum Gasteiger partial charge on any atom is 0.338 e. The van der Waals surface area contributed by atoms with Gasteiger partial charge in [-0.1, -0.05) is 19.9 Å². The van der Waals surface area contributed by atoms with Gasteiger partial charge in [0.25, 0.3) is 5.91 Å². The number of hydrogen-bond donors (Lipinski definition) is 2. The molecular weight excluding hydrogens is 360 g/mol. The minimum absolute atomic E-state index is 0.178. The number of carbonyl (C=O) groups excluding carboxylic acids is 3. The first-order chi connectivity index (χ1) is 13.3. The summed E-state index contributed by atoms with van der Waals surface area (Å²) in [5.74, 6) is -0.306. The molecule has 0 aromatic heterocycles. The quantitative estimate of drug-likeness (QED) is 0.680. The van der Waals surface area contributed by atoms with E-state index in [1.807, 2.05) is 13.8 Å². The molecule has 2 rings (SSSR count). The monoisotopic (exact) mass is 384 g/mol. The number of amides is 2. The van der Waals surface area contributed by atoms with Crippen molar-refractivity contribution in [1.29, 1.82) is 0 Å². The van der Waals surface area contributed by atoms with Crippen LogP contribution in [0.5, 0.6) is 5.75 Å². The van der Waals surface area contributed by atoms with Crippen molar-refractivity contribution in [3.8, 4) is 5.75 Å². The van der Waals surface area contributed by atoms with E-state index < -0.39 is 18.5 Å². The van der Waals surface area contributed by atoms with Crippen molar-refractivity contribution in [3.05, 3.63) is 54.1 Å².